The predicted octanol–water partition coefficient (Wildman–Crippen LogP) is 1.56. The molecule has 1 saturated carbocycles. The molecule has 0 aromatic rings. The lowest BCUT2D eigenvalue weighted by molar-refractivity contribution is -0.164. The molecular formula is C14H25NO4. The fourth-order valence-corrected chi connectivity index (χ4v) is 2.83. The Morgan fingerprint density at radius 3 is 2.68 bits per heavy atom. The first-order valence-corrected chi connectivity index (χ1v) is 7.17. The molecule has 0 aromatic heterocycles. The first-order valence-electron chi connectivity index (χ1n) is 7.17. The van der Waals surface area contributed by atoms with Gasteiger partial charge in [0.05, 0.1) is 26.4 Å². The summed E-state index contributed by atoms with van der Waals surface area (Å²) >= 11 is 0. The molecule has 1 spiro atoms. The molecule has 2 aliphatic rings. The number of esters is 1. The first-order chi connectivity index (χ1) is 9.04. The lowest BCUT2D eigenvalue weighted by Crippen LogP contribution is -2.42. The summed E-state index contributed by atoms with van der Waals surface area (Å²) in [5.41, 5.74) is 0. The van der Waals surface area contributed by atoms with Gasteiger partial charge in [-0.05, 0) is 26.7 Å². The maximum atomic E-state index is 11.4. The molecule has 110 valence electrons. The standard InChI is InChI=1S/C14H25NO4/c1-11(2)15(9-13(16)17-3)8-12-10-18-14(19-12)6-4-5-7-14/h11-12H,4-10H2,1-3H3. The molecule has 5 heteroatoms. The quantitative estimate of drug-likeness (QED) is 0.710. The van der Waals surface area contributed by atoms with Crippen LogP contribution in [0.4, 0.5) is 0 Å². The van der Waals surface area contributed by atoms with Gasteiger partial charge in [0.2, 0.25) is 0 Å². The molecular weight excluding hydrogens is 246 g/mol. The van der Waals surface area contributed by atoms with Crippen molar-refractivity contribution in [2.45, 2.75) is 57.5 Å². The average molecular weight is 271 g/mol. The third-order valence-corrected chi connectivity index (χ3v) is 4.01. The second kappa shape index (κ2) is 6.20. The van der Waals surface area contributed by atoms with Crippen molar-refractivity contribution >= 4 is 5.97 Å². The normalized spacial score (nSPS) is 25.6. The lowest BCUT2D eigenvalue weighted by Gasteiger charge is -2.28. The van der Waals surface area contributed by atoms with Crippen molar-refractivity contribution in [1.29, 1.82) is 0 Å². The Kier molecular flexibility index (Phi) is 4.81. The number of methoxy groups -OCH3 is 1. The van der Waals surface area contributed by atoms with Gasteiger partial charge >= 0.3 is 5.97 Å². The second-order valence-corrected chi connectivity index (χ2v) is 5.77. The predicted molar refractivity (Wildman–Crippen MR) is 70.7 cm³/mol. The van der Waals surface area contributed by atoms with Crippen molar-refractivity contribution in [1.82, 2.24) is 4.90 Å². The second-order valence-electron chi connectivity index (χ2n) is 5.77. The van der Waals surface area contributed by atoms with Crippen molar-refractivity contribution in [2.24, 2.45) is 0 Å². The largest absolute Gasteiger partial charge is 0.468 e. The fourth-order valence-electron chi connectivity index (χ4n) is 2.83. The monoisotopic (exact) mass is 271 g/mol. The Balaban J connectivity index is 1.86. The van der Waals surface area contributed by atoms with Gasteiger partial charge in [-0.1, -0.05) is 0 Å². The van der Waals surface area contributed by atoms with Crippen LogP contribution in [-0.2, 0) is 19.0 Å². The van der Waals surface area contributed by atoms with Gasteiger partial charge in [-0.2, -0.15) is 0 Å². The van der Waals surface area contributed by atoms with Crippen molar-refractivity contribution in [3.63, 3.8) is 0 Å². The molecule has 2 rings (SSSR count). The van der Waals surface area contributed by atoms with Gasteiger partial charge in [0.25, 0.3) is 0 Å². The molecule has 1 aliphatic heterocycles. The van der Waals surface area contributed by atoms with Crippen molar-refractivity contribution < 1.29 is 19.0 Å². The van der Waals surface area contributed by atoms with Crippen LogP contribution in [0.3, 0.4) is 0 Å². The fraction of sp³-hybridized carbons (Fsp3) is 0.929. The lowest BCUT2D eigenvalue weighted by atomic mass is 10.2. The maximum Gasteiger partial charge on any atom is 0.319 e. The van der Waals surface area contributed by atoms with Gasteiger partial charge in [-0.3, -0.25) is 9.69 Å². The summed E-state index contributed by atoms with van der Waals surface area (Å²) in [6.45, 7) is 5.80. The first kappa shape index (κ1) is 14.8. The van der Waals surface area contributed by atoms with Gasteiger partial charge in [0.1, 0.15) is 0 Å². The highest BCUT2D eigenvalue weighted by atomic mass is 16.7. The minimum Gasteiger partial charge on any atom is -0.468 e. The van der Waals surface area contributed by atoms with E-state index < -0.39 is 0 Å². The molecule has 2 fully saturated rings. The molecule has 0 aromatic carbocycles. The summed E-state index contributed by atoms with van der Waals surface area (Å²) in [5.74, 6) is -0.526. The molecule has 5 nitrogen and oxygen atoms in total. The molecule has 1 unspecified atom stereocenters. The van der Waals surface area contributed by atoms with E-state index in [1.807, 2.05) is 0 Å². The Hall–Kier alpha value is -0.650. The zero-order valence-corrected chi connectivity index (χ0v) is 12.2. The Labute approximate surface area is 115 Å². The molecule has 1 heterocycles. The number of rotatable bonds is 5. The topological polar surface area (TPSA) is 48.0 Å². The summed E-state index contributed by atoms with van der Waals surface area (Å²) in [6.07, 6.45) is 4.43. The van der Waals surface area contributed by atoms with Crippen LogP contribution < -0.4 is 0 Å². The smallest absolute Gasteiger partial charge is 0.319 e. The van der Waals surface area contributed by atoms with Gasteiger partial charge < -0.3 is 14.2 Å². The number of carbonyl (C=O) groups is 1. The molecule has 0 radical (unpaired) electrons. The average Bonchev–Trinajstić information content (AvgIpc) is 2.99. The minimum absolute atomic E-state index is 0.0603. The zero-order valence-electron chi connectivity index (χ0n) is 12.2. The van der Waals surface area contributed by atoms with Gasteiger partial charge in [0, 0.05) is 25.4 Å². The van der Waals surface area contributed by atoms with Crippen LogP contribution in [0.15, 0.2) is 0 Å². The SMILES string of the molecule is COC(=O)CN(CC1COC2(CCCC2)O1)C(C)C. The highest BCUT2D eigenvalue weighted by Crippen LogP contribution is 2.39. The van der Waals surface area contributed by atoms with E-state index in [4.69, 9.17) is 14.2 Å². The summed E-state index contributed by atoms with van der Waals surface area (Å²) in [5, 5.41) is 0. The van der Waals surface area contributed by atoms with Crippen LogP contribution in [0.2, 0.25) is 0 Å². The number of nitrogens with zero attached hydrogens (tertiary/aromatic N) is 1. The van der Waals surface area contributed by atoms with Crippen LogP contribution in [0, 0.1) is 0 Å². The highest BCUT2D eigenvalue weighted by molar-refractivity contribution is 5.71. The summed E-state index contributed by atoms with van der Waals surface area (Å²) in [4.78, 5) is 13.5. The summed E-state index contributed by atoms with van der Waals surface area (Å²) in [6, 6.07) is 0.280. The molecule has 0 amide bonds. The number of hydrogen-bond acceptors (Lipinski definition) is 5. The van der Waals surface area contributed by atoms with Crippen molar-refractivity contribution in [2.75, 3.05) is 26.8 Å². The number of hydrogen-bond donors (Lipinski definition) is 0. The van der Waals surface area contributed by atoms with Crippen LogP contribution in [0.1, 0.15) is 39.5 Å². The van der Waals surface area contributed by atoms with Gasteiger partial charge in [0.15, 0.2) is 5.79 Å². The van der Waals surface area contributed by atoms with E-state index in [-0.39, 0.29) is 23.9 Å². The molecule has 0 N–H and O–H groups in total. The molecule has 1 aliphatic carbocycles. The maximum absolute atomic E-state index is 11.4. The minimum atomic E-state index is -0.321. The molecule has 1 saturated heterocycles. The van der Waals surface area contributed by atoms with Crippen molar-refractivity contribution in [3.05, 3.63) is 0 Å². The molecule has 1 atom stereocenters. The Morgan fingerprint density at radius 2 is 2.11 bits per heavy atom. The van der Waals surface area contributed by atoms with Crippen LogP contribution in [-0.4, -0.2) is 55.6 Å². The van der Waals surface area contributed by atoms with E-state index in [0.717, 1.165) is 12.8 Å². The molecule has 19 heavy (non-hydrogen) atoms. The Morgan fingerprint density at radius 1 is 1.42 bits per heavy atom. The van der Waals surface area contributed by atoms with Crippen molar-refractivity contribution in [3.8, 4) is 0 Å². The highest BCUT2D eigenvalue weighted by Gasteiger charge is 2.44. The van der Waals surface area contributed by atoms with Gasteiger partial charge in [-0.25, -0.2) is 0 Å². The van der Waals surface area contributed by atoms with E-state index >= 15 is 0 Å². The van der Waals surface area contributed by atoms with E-state index in [1.165, 1.54) is 20.0 Å². The van der Waals surface area contributed by atoms with E-state index in [9.17, 15) is 4.79 Å². The Bertz CT molecular complexity index is 313. The number of carbonyl (C=O) groups excluding carboxylic acids is 1. The molecule has 0 bridgehead atoms. The summed E-state index contributed by atoms with van der Waals surface area (Å²) < 4.78 is 16.7. The van der Waals surface area contributed by atoms with E-state index in [1.54, 1.807) is 0 Å². The number of ether oxygens (including phenoxy) is 3. The third-order valence-electron chi connectivity index (χ3n) is 4.01. The summed E-state index contributed by atoms with van der Waals surface area (Å²) in [7, 11) is 1.42. The van der Waals surface area contributed by atoms with Crippen LogP contribution in [0.5, 0.6) is 0 Å². The van der Waals surface area contributed by atoms with Gasteiger partial charge in [-0.15, -0.1) is 0 Å². The van der Waals surface area contributed by atoms with Crippen LogP contribution >= 0.6 is 0 Å². The zero-order chi connectivity index (χ0) is 13.9. The van der Waals surface area contributed by atoms with E-state index in [2.05, 4.69) is 18.7 Å². The van der Waals surface area contributed by atoms with E-state index in [0.29, 0.717) is 19.7 Å². The third kappa shape index (κ3) is 3.68. The van der Waals surface area contributed by atoms with Crippen LogP contribution in [0.25, 0.3) is 0 Å².